The van der Waals surface area contributed by atoms with Crippen LogP contribution in [0.1, 0.15) is 6.92 Å². The van der Waals surface area contributed by atoms with Gasteiger partial charge in [0.15, 0.2) is 5.84 Å². The molecule has 0 aromatic carbocycles. The van der Waals surface area contributed by atoms with Crippen LogP contribution in [0.3, 0.4) is 0 Å². The Balaban J connectivity index is 4.51. The fourth-order valence-electron chi connectivity index (χ4n) is 0.462. The van der Waals surface area contributed by atoms with E-state index >= 15 is 0 Å². The molecule has 0 fully saturated rings. The van der Waals surface area contributed by atoms with E-state index in [-0.39, 0.29) is 0 Å². The molecule has 0 saturated heterocycles. The van der Waals surface area contributed by atoms with Gasteiger partial charge >= 0.3 is 0 Å². The van der Waals surface area contributed by atoms with Crippen molar-refractivity contribution in [3.05, 3.63) is 37.1 Å². The first kappa shape index (κ1) is 9.56. The zero-order valence-electron chi connectivity index (χ0n) is 6.75. The van der Waals surface area contributed by atoms with E-state index in [1.54, 1.807) is 12.3 Å². The van der Waals surface area contributed by atoms with Gasteiger partial charge in [-0.1, -0.05) is 25.3 Å². The number of rotatable bonds is 3. The lowest BCUT2D eigenvalue weighted by Crippen LogP contribution is -1.93. The summed E-state index contributed by atoms with van der Waals surface area (Å²) in [5.41, 5.74) is 0.679. The molecule has 0 aliphatic heterocycles. The summed E-state index contributed by atoms with van der Waals surface area (Å²) in [6.07, 6.45) is 5.04. The van der Waals surface area contributed by atoms with Gasteiger partial charge in [0.25, 0.3) is 0 Å². The van der Waals surface area contributed by atoms with E-state index in [0.29, 0.717) is 11.4 Å². The molecule has 0 atom stereocenters. The standard InChI is InChI=1S/C9H12N2/c1-5-7-11-9(10-4)8(3)6-2/h5-7H,2-4H2,1H3/b7-5-,11-9?. The molecule has 0 radical (unpaired) electrons. The van der Waals surface area contributed by atoms with Gasteiger partial charge in [-0.25, -0.2) is 9.98 Å². The molecule has 2 nitrogen and oxygen atoms in total. The highest BCUT2D eigenvalue weighted by molar-refractivity contribution is 6.02. The first-order chi connectivity index (χ1) is 5.26. The summed E-state index contributed by atoms with van der Waals surface area (Å²) in [6, 6.07) is 0. The average molecular weight is 148 g/mol. The Morgan fingerprint density at radius 3 is 2.45 bits per heavy atom. The topological polar surface area (TPSA) is 24.7 Å². The minimum absolute atomic E-state index is 0.512. The van der Waals surface area contributed by atoms with Crippen molar-refractivity contribution in [1.82, 2.24) is 0 Å². The zero-order chi connectivity index (χ0) is 8.69. The molecule has 0 aromatic rings. The van der Waals surface area contributed by atoms with Crippen molar-refractivity contribution in [3.63, 3.8) is 0 Å². The smallest absolute Gasteiger partial charge is 0.157 e. The molecule has 0 saturated carbocycles. The highest BCUT2D eigenvalue weighted by Gasteiger charge is 1.93. The first-order valence-corrected chi connectivity index (χ1v) is 3.23. The summed E-state index contributed by atoms with van der Waals surface area (Å²) in [4.78, 5) is 7.64. The van der Waals surface area contributed by atoms with Gasteiger partial charge in [0.2, 0.25) is 0 Å². The van der Waals surface area contributed by atoms with Crippen molar-refractivity contribution in [2.24, 2.45) is 9.98 Å². The van der Waals surface area contributed by atoms with E-state index < -0.39 is 0 Å². The van der Waals surface area contributed by atoms with Gasteiger partial charge in [-0.15, -0.1) is 0 Å². The van der Waals surface area contributed by atoms with Crippen LogP contribution < -0.4 is 0 Å². The van der Waals surface area contributed by atoms with Crippen molar-refractivity contribution in [1.29, 1.82) is 0 Å². The van der Waals surface area contributed by atoms with Gasteiger partial charge in [0.1, 0.15) is 0 Å². The maximum atomic E-state index is 3.97. The predicted octanol–water partition coefficient (Wildman–Crippen LogP) is 2.36. The number of hydrogen-bond donors (Lipinski definition) is 0. The molecule has 58 valence electrons. The third-order valence-electron chi connectivity index (χ3n) is 1.03. The second kappa shape index (κ2) is 5.35. The van der Waals surface area contributed by atoms with E-state index in [1.807, 2.05) is 13.0 Å². The molecule has 0 amide bonds. The summed E-state index contributed by atoms with van der Waals surface area (Å²) in [5.74, 6) is 0.512. The second-order valence-corrected chi connectivity index (χ2v) is 1.82. The van der Waals surface area contributed by atoms with Crippen LogP contribution in [0.5, 0.6) is 0 Å². The molecule has 2 heteroatoms. The minimum Gasteiger partial charge on any atom is -0.245 e. The SMILES string of the molecule is C=CC(=C)C(N=C)=N/C=C\C. The minimum atomic E-state index is 0.512. The second-order valence-electron chi connectivity index (χ2n) is 1.82. The predicted molar refractivity (Wildman–Crippen MR) is 51.1 cm³/mol. The van der Waals surface area contributed by atoms with Crippen LogP contribution in [-0.2, 0) is 0 Å². The largest absolute Gasteiger partial charge is 0.245 e. The number of aliphatic imine (C=N–C) groups is 2. The van der Waals surface area contributed by atoms with E-state index in [9.17, 15) is 0 Å². The molecular weight excluding hydrogens is 136 g/mol. The zero-order valence-corrected chi connectivity index (χ0v) is 6.75. The van der Waals surface area contributed by atoms with Crippen LogP contribution in [0.25, 0.3) is 0 Å². The summed E-state index contributed by atoms with van der Waals surface area (Å²) < 4.78 is 0. The maximum Gasteiger partial charge on any atom is 0.157 e. The number of allylic oxidation sites excluding steroid dienone is 1. The lowest BCUT2D eigenvalue weighted by molar-refractivity contribution is 1.47. The van der Waals surface area contributed by atoms with Gasteiger partial charge in [0.05, 0.1) is 0 Å². The highest BCUT2D eigenvalue weighted by Crippen LogP contribution is 1.97. The van der Waals surface area contributed by atoms with Crippen molar-refractivity contribution in [3.8, 4) is 0 Å². The molecule has 11 heavy (non-hydrogen) atoms. The van der Waals surface area contributed by atoms with Crippen LogP contribution in [-0.4, -0.2) is 12.6 Å². The van der Waals surface area contributed by atoms with Crippen molar-refractivity contribution >= 4 is 12.6 Å². The van der Waals surface area contributed by atoms with Gasteiger partial charge in [-0.05, 0) is 13.6 Å². The Morgan fingerprint density at radius 2 is 2.09 bits per heavy atom. The molecule has 0 unspecified atom stereocenters. The molecule has 0 aliphatic carbocycles. The van der Waals surface area contributed by atoms with Crippen molar-refractivity contribution in [2.45, 2.75) is 6.92 Å². The summed E-state index contributed by atoms with van der Waals surface area (Å²) >= 11 is 0. The van der Waals surface area contributed by atoms with Crippen LogP contribution in [0.2, 0.25) is 0 Å². The molecule has 0 spiro atoms. The Morgan fingerprint density at radius 1 is 1.45 bits per heavy atom. The quantitative estimate of drug-likeness (QED) is 0.333. The molecule has 0 aromatic heterocycles. The normalized spacial score (nSPS) is 11.5. The Kier molecular flexibility index (Phi) is 4.65. The molecule has 0 rings (SSSR count). The van der Waals surface area contributed by atoms with Crippen molar-refractivity contribution in [2.75, 3.05) is 0 Å². The third kappa shape index (κ3) is 3.30. The monoisotopic (exact) mass is 148 g/mol. The van der Waals surface area contributed by atoms with Crippen LogP contribution >= 0.6 is 0 Å². The Labute approximate surface area is 67.4 Å². The molecule has 0 aliphatic rings. The van der Waals surface area contributed by atoms with Crippen molar-refractivity contribution < 1.29 is 0 Å². The lowest BCUT2D eigenvalue weighted by atomic mass is 10.3. The number of hydrogen-bond acceptors (Lipinski definition) is 1. The van der Waals surface area contributed by atoms with E-state index in [4.69, 9.17) is 0 Å². The van der Waals surface area contributed by atoms with Crippen LogP contribution in [0, 0.1) is 0 Å². The van der Waals surface area contributed by atoms with E-state index in [0.717, 1.165) is 0 Å². The summed E-state index contributed by atoms with van der Waals surface area (Å²) in [6.45, 7) is 12.5. The van der Waals surface area contributed by atoms with E-state index in [2.05, 4.69) is 29.9 Å². The van der Waals surface area contributed by atoms with Crippen LogP contribution in [0.4, 0.5) is 0 Å². The lowest BCUT2D eigenvalue weighted by Gasteiger charge is -1.94. The summed E-state index contributed by atoms with van der Waals surface area (Å²) in [7, 11) is 0. The molecule has 0 N–H and O–H groups in total. The summed E-state index contributed by atoms with van der Waals surface area (Å²) in [5, 5.41) is 0. The van der Waals surface area contributed by atoms with Crippen LogP contribution in [0.15, 0.2) is 47.1 Å². The maximum absolute atomic E-state index is 3.97. The fourth-order valence-corrected chi connectivity index (χ4v) is 0.462. The fraction of sp³-hybridized carbons (Fsp3) is 0.111. The molecular formula is C9H12N2. The number of nitrogens with zero attached hydrogens (tertiary/aromatic N) is 2. The van der Waals surface area contributed by atoms with E-state index in [1.165, 1.54) is 0 Å². The van der Waals surface area contributed by atoms with Gasteiger partial charge in [-0.3, -0.25) is 0 Å². The average Bonchev–Trinajstić information content (AvgIpc) is 2.05. The first-order valence-electron chi connectivity index (χ1n) is 3.23. The molecule has 0 heterocycles. The Bertz CT molecular complexity index is 222. The van der Waals surface area contributed by atoms with Gasteiger partial charge in [-0.2, -0.15) is 0 Å². The highest BCUT2D eigenvalue weighted by atomic mass is 14.9. The Hall–Kier alpha value is -1.44. The van der Waals surface area contributed by atoms with Gasteiger partial charge < -0.3 is 0 Å². The number of amidine groups is 1. The molecule has 0 bridgehead atoms. The third-order valence-corrected chi connectivity index (χ3v) is 1.03. The van der Waals surface area contributed by atoms with Gasteiger partial charge in [0, 0.05) is 11.8 Å².